The van der Waals surface area contributed by atoms with E-state index in [1.807, 2.05) is 6.07 Å². The van der Waals surface area contributed by atoms with Crippen molar-refractivity contribution in [3.8, 4) is 34.7 Å². The Kier molecular flexibility index (Phi) is 6.72. The average Bonchev–Trinajstić information content (AvgIpc) is 3.46. The van der Waals surface area contributed by atoms with E-state index in [0.717, 1.165) is 0 Å². The first-order valence-electron chi connectivity index (χ1n) is 11.0. The van der Waals surface area contributed by atoms with Crippen LogP contribution < -0.4 is 10.5 Å². The summed E-state index contributed by atoms with van der Waals surface area (Å²) in [5.41, 5.74) is 7.59. The summed E-state index contributed by atoms with van der Waals surface area (Å²) in [5, 5.41) is 21.7. The third-order valence-corrected chi connectivity index (χ3v) is 6.06. The van der Waals surface area contributed by atoms with Gasteiger partial charge in [0.25, 0.3) is 5.89 Å². The number of nitriles is 1. The Bertz CT molecular complexity index is 1730. The van der Waals surface area contributed by atoms with Crippen LogP contribution in [0.25, 0.3) is 17.1 Å². The first-order chi connectivity index (χ1) is 18.2. The second-order valence-electron chi connectivity index (χ2n) is 8.13. The molecule has 0 bridgehead atoms. The lowest BCUT2D eigenvalue weighted by molar-refractivity contribution is 0.437. The van der Waals surface area contributed by atoms with E-state index in [1.165, 1.54) is 47.1 Å². The molecule has 12 heteroatoms. The van der Waals surface area contributed by atoms with Gasteiger partial charge in [-0.25, -0.2) is 13.5 Å². The molecule has 0 amide bonds. The highest BCUT2D eigenvalue weighted by atomic mass is 35.5. The summed E-state index contributed by atoms with van der Waals surface area (Å²) in [6.07, 6.45) is -0.0915. The van der Waals surface area contributed by atoms with E-state index >= 15 is 4.39 Å². The summed E-state index contributed by atoms with van der Waals surface area (Å²) in [5.74, 6) is -1.12. The molecule has 0 spiro atoms. The van der Waals surface area contributed by atoms with Crippen molar-refractivity contribution >= 4 is 29.0 Å². The van der Waals surface area contributed by atoms with Crippen LogP contribution in [0.5, 0.6) is 11.5 Å². The molecule has 2 N–H and O–H groups in total. The highest BCUT2D eigenvalue weighted by molar-refractivity contribution is 6.32. The van der Waals surface area contributed by atoms with Crippen LogP contribution in [0.2, 0.25) is 10.0 Å². The van der Waals surface area contributed by atoms with Crippen LogP contribution >= 0.6 is 23.2 Å². The van der Waals surface area contributed by atoms with Gasteiger partial charge in [0.2, 0.25) is 5.89 Å². The van der Waals surface area contributed by atoms with Gasteiger partial charge >= 0.3 is 0 Å². The molecule has 0 saturated carbocycles. The zero-order valence-corrected chi connectivity index (χ0v) is 21.1. The quantitative estimate of drug-likeness (QED) is 0.250. The van der Waals surface area contributed by atoms with Crippen LogP contribution in [-0.2, 0) is 6.42 Å². The summed E-state index contributed by atoms with van der Waals surface area (Å²) in [6, 6.07) is 15.2. The number of nitrogens with zero attached hydrogens (tertiary/aromatic N) is 5. The second-order valence-corrected chi connectivity index (χ2v) is 8.97. The molecule has 3 aromatic carbocycles. The van der Waals surface area contributed by atoms with Crippen molar-refractivity contribution in [2.45, 2.75) is 13.3 Å². The van der Waals surface area contributed by atoms with Crippen LogP contribution in [-0.4, -0.2) is 20.0 Å². The maximum absolute atomic E-state index is 15.4. The number of nitrogens with two attached hydrogens (primary N) is 1. The van der Waals surface area contributed by atoms with Crippen molar-refractivity contribution in [1.82, 2.24) is 20.0 Å². The Labute approximate surface area is 224 Å². The second kappa shape index (κ2) is 10.1. The molecule has 2 aromatic heterocycles. The van der Waals surface area contributed by atoms with Gasteiger partial charge in [0, 0.05) is 10.6 Å². The van der Waals surface area contributed by atoms with E-state index in [2.05, 4.69) is 15.3 Å². The third-order valence-electron chi connectivity index (χ3n) is 5.55. The first kappa shape index (κ1) is 25.2. The zero-order chi connectivity index (χ0) is 27.0. The fourth-order valence-electron chi connectivity index (χ4n) is 3.81. The standard InChI is InChI=1S/C26H16Cl2F2N6O2/c1-13-22(25(32)36(35-13)20-5-3-2-4-19(20)29)26-34-33-21(38-26)10-15-6-7-18(28)24(23(15)30)37-17-9-14(12-31)8-16(27)11-17/h2-9,11H,10,32H2,1H3. The zero-order valence-electron chi connectivity index (χ0n) is 19.5. The fraction of sp³-hybridized carbons (Fsp3) is 0.0769. The summed E-state index contributed by atoms with van der Waals surface area (Å²) >= 11 is 12.2. The molecule has 5 rings (SSSR count). The molecule has 8 nitrogen and oxygen atoms in total. The smallest absolute Gasteiger partial charge is 0.253 e. The van der Waals surface area contributed by atoms with E-state index in [9.17, 15) is 4.39 Å². The topological polar surface area (TPSA) is 116 Å². The Morgan fingerprint density at radius 2 is 1.89 bits per heavy atom. The maximum Gasteiger partial charge on any atom is 0.253 e. The number of aryl methyl sites for hydroxylation is 1. The molecule has 0 unspecified atom stereocenters. The fourth-order valence-corrected chi connectivity index (χ4v) is 4.22. The molecule has 0 fully saturated rings. The van der Waals surface area contributed by atoms with Crippen molar-refractivity contribution < 1.29 is 17.9 Å². The minimum Gasteiger partial charge on any atom is -0.453 e. The SMILES string of the molecule is Cc1nn(-c2ccccc2F)c(N)c1-c1nnc(Cc2ccc(Cl)c(Oc3cc(Cl)cc(C#N)c3)c2F)o1. The number of nitrogen functional groups attached to an aromatic ring is 1. The van der Waals surface area contributed by atoms with Gasteiger partial charge < -0.3 is 14.9 Å². The van der Waals surface area contributed by atoms with Gasteiger partial charge in [-0.3, -0.25) is 0 Å². The summed E-state index contributed by atoms with van der Waals surface area (Å²) in [6.45, 7) is 1.67. The monoisotopic (exact) mass is 552 g/mol. The number of hydrogen-bond acceptors (Lipinski definition) is 7. The molecule has 0 aliphatic heterocycles. The number of para-hydroxylation sites is 1. The van der Waals surface area contributed by atoms with Gasteiger partial charge in [-0.05, 0) is 43.3 Å². The number of halogens is 4. The lowest BCUT2D eigenvalue weighted by Gasteiger charge is -2.11. The van der Waals surface area contributed by atoms with Crippen LogP contribution in [0, 0.1) is 29.9 Å². The molecule has 190 valence electrons. The van der Waals surface area contributed by atoms with Crippen LogP contribution in [0.1, 0.15) is 22.7 Å². The predicted octanol–water partition coefficient (Wildman–Crippen LogP) is 6.65. The van der Waals surface area contributed by atoms with Crippen molar-refractivity contribution in [2.75, 3.05) is 5.73 Å². The van der Waals surface area contributed by atoms with Crippen molar-refractivity contribution in [2.24, 2.45) is 0 Å². The van der Waals surface area contributed by atoms with Gasteiger partial charge in [-0.15, -0.1) is 10.2 Å². The summed E-state index contributed by atoms with van der Waals surface area (Å²) in [7, 11) is 0. The molecule has 0 aliphatic rings. The van der Waals surface area contributed by atoms with Crippen LogP contribution in [0.4, 0.5) is 14.6 Å². The van der Waals surface area contributed by atoms with E-state index < -0.39 is 11.6 Å². The van der Waals surface area contributed by atoms with Crippen molar-refractivity contribution in [3.63, 3.8) is 0 Å². The minimum absolute atomic E-state index is 0.0138. The normalized spacial score (nSPS) is 10.9. The van der Waals surface area contributed by atoms with E-state index in [0.29, 0.717) is 11.3 Å². The lowest BCUT2D eigenvalue weighted by Crippen LogP contribution is -2.04. The Morgan fingerprint density at radius 1 is 1.11 bits per heavy atom. The van der Waals surface area contributed by atoms with Crippen molar-refractivity contribution in [1.29, 1.82) is 5.26 Å². The van der Waals surface area contributed by atoms with Crippen LogP contribution in [0.15, 0.2) is 59.0 Å². The largest absolute Gasteiger partial charge is 0.453 e. The van der Waals surface area contributed by atoms with E-state index in [4.69, 9.17) is 43.4 Å². The molecule has 0 aliphatic carbocycles. The molecule has 38 heavy (non-hydrogen) atoms. The van der Waals surface area contributed by atoms with Crippen LogP contribution in [0.3, 0.4) is 0 Å². The number of benzene rings is 3. The number of rotatable bonds is 6. The Morgan fingerprint density at radius 3 is 2.66 bits per heavy atom. The summed E-state index contributed by atoms with van der Waals surface area (Å²) in [4.78, 5) is 0. The third kappa shape index (κ3) is 4.77. The Hall–Kier alpha value is -4.46. The highest BCUT2D eigenvalue weighted by Crippen LogP contribution is 2.36. The van der Waals surface area contributed by atoms with E-state index in [-0.39, 0.29) is 62.4 Å². The van der Waals surface area contributed by atoms with E-state index in [1.54, 1.807) is 19.1 Å². The van der Waals surface area contributed by atoms with Gasteiger partial charge in [-0.1, -0.05) is 41.4 Å². The summed E-state index contributed by atoms with van der Waals surface area (Å²) < 4.78 is 42.3. The molecule has 5 aromatic rings. The molecule has 0 radical (unpaired) electrons. The minimum atomic E-state index is -0.751. The van der Waals surface area contributed by atoms with Gasteiger partial charge in [0.05, 0.1) is 28.8 Å². The molecule has 0 saturated heterocycles. The number of anilines is 1. The average molecular weight is 553 g/mol. The molecule has 0 atom stereocenters. The Balaban J connectivity index is 1.44. The van der Waals surface area contributed by atoms with Crippen molar-refractivity contribution in [3.05, 3.63) is 99.0 Å². The number of aromatic nitrogens is 4. The predicted molar refractivity (Wildman–Crippen MR) is 136 cm³/mol. The van der Waals surface area contributed by atoms with Gasteiger partial charge in [0.15, 0.2) is 11.6 Å². The van der Waals surface area contributed by atoms with Gasteiger partial charge in [-0.2, -0.15) is 10.4 Å². The highest BCUT2D eigenvalue weighted by Gasteiger charge is 2.23. The van der Waals surface area contributed by atoms with Gasteiger partial charge in [0.1, 0.15) is 28.6 Å². The molecular weight excluding hydrogens is 537 g/mol. The number of ether oxygens (including phenoxy) is 1. The lowest BCUT2D eigenvalue weighted by atomic mass is 10.1. The molecule has 2 heterocycles. The number of hydrogen-bond donors (Lipinski definition) is 1. The first-order valence-corrected chi connectivity index (χ1v) is 11.8. The molecular formula is C26H16Cl2F2N6O2. The maximum atomic E-state index is 15.4.